The summed E-state index contributed by atoms with van der Waals surface area (Å²) in [6.45, 7) is 0. The molecule has 0 spiro atoms. The van der Waals surface area contributed by atoms with Crippen molar-refractivity contribution < 1.29 is 0 Å². The third-order valence-corrected chi connectivity index (χ3v) is 3.75. The van der Waals surface area contributed by atoms with E-state index < -0.39 is 0 Å². The molecule has 0 aliphatic rings. The quantitative estimate of drug-likeness (QED) is 0.751. The van der Waals surface area contributed by atoms with E-state index in [1.807, 2.05) is 30.5 Å². The predicted molar refractivity (Wildman–Crippen MR) is 68.9 cm³/mol. The van der Waals surface area contributed by atoms with E-state index in [9.17, 15) is 0 Å². The SMILES string of the molecule is Nc1nn(-c2snc3ccccc23)cc1Br. The van der Waals surface area contributed by atoms with Crippen molar-refractivity contribution >= 4 is 44.2 Å². The van der Waals surface area contributed by atoms with E-state index in [2.05, 4.69) is 25.4 Å². The van der Waals surface area contributed by atoms with Crippen LogP contribution >= 0.6 is 27.5 Å². The third-order valence-electron chi connectivity index (χ3n) is 2.27. The number of nitrogen functional groups attached to an aromatic ring is 1. The summed E-state index contributed by atoms with van der Waals surface area (Å²) in [4.78, 5) is 0. The van der Waals surface area contributed by atoms with E-state index in [-0.39, 0.29) is 0 Å². The molecule has 0 amide bonds. The summed E-state index contributed by atoms with van der Waals surface area (Å²) in [5, 5.41) is 6.29. The van der Waals surface area contributed by atoms with Crippen LogP contribution in [0.5, 0.6) is 0 Å². The predicted octanol–water partition coefficient (Wildman–Crippen LogP) is 2.83. The highest BCUT2D eigenvalue weighted by atomic mass is 79.9. The van der Waals surface area contributed by atoms with Gasteiger partial charge in [-0.2, -0.15) is 4.37 Å². The van der Waals surface area contributed by atoms with Crippen LogP contribution in [-0.2, 0) is 0 Å². The van der Waals surface area contributed by atoms with Gasteiger partial charge in [0.05, 0.1) is 9.99 Å². The standard InChI is InChI=1S/C10H7BrN4S/c11-7-5-15(13-9(7)12)10-6-3-1-2-4-8(6)14-16-10/h1-5H,(H2,12,13). The fourth-order valence-corrected chi connectivity index (χ4v) is 2.58. The van der Waals surface area contributed by atoms with Gasteiger partial charge in [0.1, 0.15) is 5.00 Å². The number of aromatic nitrogens is 3. The lowest BCUT2D eigenvalue weighted by Gasteiger charge is -1.95. The third kappa shape index (κ3) is 1.42. The average molecular weight is 295 g/mol. The molecule has 2 N–H and O–H groups in total. The average Bonchev–Trinajstić information content (AvgIpc) is 2.83. The second-order valence-corrected chi connectivity index (χ2v) is 4.92. The lowest BCUT2D eigenvalue weighted by Crippen LogP contribution is -1.93. The van der Waals surface area contributed by atoms with Gasteiger partial charge >= 0.3 is 0 Å². The smallest absolute Gasteiger partial charge is 0.160 e. The van der Waals surface area contributed by atoms with Crippen molar-refractivity contribution in [3.8, 4) is 5.00 Å². The van der Waals surface area contributed by atoms with Crippen molar-refractivity contribution in [2.45, 2.75) is 0 Å². The maximum Gasteiger partial charge on any atom is 0.160 e. The molecule has 2 aromatic heterocycles. The Morgan fingerprint density at radius 2 is 2.12 bits per heavy atom. The van der Waals surface area contributed by atoms with Gasteiger partial charge in [0.15, 0.2) is 5.82 Å². The second-order valence-electron chi connectivity index (χ2n) is 3.31. The summed E-state index contributed by atoms with van der Waals surface area (Å²) < 4.78 is 6.90. The van der Waals surface area contributed by atoms with E-state index in [1.54, 1.807) is 4.68 Å². The highest BCUT2D eigenvalue weighted by molar-refractivity contribution is 9.10. The van der Waals surface area contributed by atoms with Gasteiger partial charge < -0.3 is 5.73 Å². The first kappa shape index (κ1) is 9.80. The van der Waals surface area contributed by atoms with E-state index in [4.69, 9.17) is 5.73 Å². The fraction of sp³-hybridized carbons (Fsp3) is 0. The van der Waals surface area contributed by atoms with Crippen LogP contribution in [0, 0.1) is 0 Å². The highest BCUT2D eigenvalue weighted by Crippen LogP contribution is 2.28. The molecular formula is C10H7BrN4S. The van der Waals surface area contributed by atoms with Gasteiger partial charge in [-0.25, -0.2) is 4.68 Å². The molecule has 0 aliphatic carbocycles. The monoisotopic (exact) mass is 294 g/mol. The minimum absolute atomic E-state index is 0.484. The van der Waals surface area contributed by atoms with Crippen LogP contribution in [0.25, 0.3) is 15.9 Å². The van der Waals surface area contributed by atoms with Crippen LogP contribution < -0.4 is 5.73 Å². The number of hydrogen-bond donors (Lipinski definition) is 1. The molecule has 3 rings (SSSR count). The van der Waals surface area contributed by atoms with Crippen LogP contribution in [-0.4, -0.2) is 14.2 Å². The summed E-state index contributed by atoms with van der Waals surface area (Å²) in [5.74, 6) is 0.484. The summed E-state index contributed by atoms with van der Waals surface area (Å²) in [5.41, 5.74) is 6.68. The van der Waals surface area contributed by atoms with Gasteiger partial charge in [0, 0.05) is 11.6 Å². The first-order valence-corrected chi connectivity index (χ1v) is 6.18. The molecule has 0 unspecified atom stereocenters. The second kappa shape index (κ2) is 3.57. The lowest BCUT2D eigenvalue weighted by atomic mass is 10.2. The molecule has 0 saturated heterocycles. The maximum absolute atomic E-state index is 5.70. The Morgan fingerprint density at radius 1 is 1.31 bits per heavy atom. The molecule has 0 bridgehead atoms. The number of nitrogens with two attached hydrogens (primary N) is 1. The van der Waals surface area contributed by atoms with Gasteiger partial charge in [-0.1, -0.05) is 12.1 Å². The molecule has 3 aromatic rings. The minimum atomic E-state index is 0.484. The van der Waals surface area contributed by atoms with E-state index in [0.29, 0.717) is 5.82 Å². The molecule has 16 heavy (non-hydrogen) atoms. The Morgan fingerprint density at radius 3 is 2.88 bits per heavy atom. The van der Waals surface area contributed by atoms with Crippen LogP contribution in [0.4, 0.5) is 5.82 Å². The molecule has 0 radical (unpaired) electrons. The molecule has 0 aliphatic heterocycles. The Balaban J connectivity index is 2.26. The van der Waals surface area contributed by atoms with Gasteiger partial charge in [-0.3, -0.25) is 0 Å². The Labute approximate surface area is 104 Å². The first-order valence-electron chi connectivity index (χ1n) is 4.61. The van der Waals surface area contributed by atoms with E-state index >= 15 is 0 Å². The molecule has 6 heteroatoms. The first-order chi connectivity index (χ1) is 7.75. The van der Waals surface area contributed by atoms with Crippen molar-refractivity contribution in [2.24, 2.45) is 0 Å². The zero-order valence-electron chi connectivity index (χ0n) is 8.09. The van der Waals surface area contributed by atoms with Crippen molar-refractivity contribution in [1.29, 1.82) is 0 Å². The summed E-state index contributed by atoms with van der Waals surface area (Å²) in [6.07, 6.45) is 1.84. The number of nitrogens with zero attached hydrogens (tertiary/aromatic N) is 3. The topological polar surface area (TPSA) is 56.7 Å². The minimum Gasteiger partial charge on any atom is -0.381 e. The lowest BCUT2D eigenvalue weighted by molar-refractivity contribution is 0.909. The van der Waals surface area contributed by atoms with E-state index in [1.165, 1.54) is 11.5 Å². The summed E-state index contributed by atoms with van der Waals surface area (Å²) in [6, 6.07) is 7.97. The molecule has 80 valence electrons. The van der Waals surface area contributed by atoms with Gasteiger partial charge in [-0.15, -0.1) is 5.10 Å². The molecule has 1 aromatic carbocycles. The Bertz CT molecular complexity index is 638. The van der Waals surface area contributed by atoms with Gasteiger partial charge in [-0.05, 0) is 39.6 Å². The van der Waals surface area contributed by atoms with Crippen LogP contribution in [0.15, 0.2) is 34.9 Å². The number of halogens is 1. The maximum atomic E-state index is 5.70. The van der Waals surface area contributed by atoms with Crippen molar-refractivity contribution in [1.82, 2.24) is 14.2 Å². The van der Waals surface area contributed by atoms with Gasteiger partial charge in [0.2, 0.25) is 0 Å². The number of benzene rings is 1. The van der Waals surface area contributed by atoms with E-state index in [0.717, 1.165) is 20.4 Å². The summed E-state index contributed by atoms with van der Waals surface area (Å²) >= 11 is 4.75. The molecule has 0 fully saturated rings. The largest absolute Gasteiger partial charge is 0.381 e. The number of rotatable bonds is 1. The number of anilines is 1. The van der Waals surface area contributed by atoms with Crippen LogP contribution in [0.3, 0.4) is 0 Å². The Hall–Kier alpha value is -1.40. The van der Waals surface area contributed by atoms with Crippen LogP contribution in [0.1, 0.15) is 0 Å². The molecule has 0 atom stereocenters. The van der Waals surface area contributed by atoms with Crippen LogP contribution in [0.2, 0.25) is 0 Å². The van der Waals surface area contributed by atoms with Crippen molar-refractivity contribution in [3.05, 3.63) is 34.9 Å². The fourth-order valence-electron chi connectivity index (χ4n) is 1.51. The molecule has 4 nitrogen and oxygen atoms in total. The van der Waals surface area contributed by atoms with Gasteiger partial charge in [0.25, 0.3) is 0 Å². The normalized spacial score (nSPS) is 11.1. The zero-order chi connectivity index (χ0) is 11.1. The number of hydrogen-bond acceptors (Lipinski definition) is 4. The van der Waals surface area contributed by atoms with Crippen molar-refractivity contribution in [3.63, 3.8) is 0 Å². The van der Waals surface area contributed by atoms with Crippen molar-refractivity contribution in [2.75, 3.05) is 5.73 Å². The summed E-state index contributed by atoms with van der Waals surface area (Å²) in [7, 11) is 0. The zero-order valence-corrected chi connectivity index (χ0v) is 10.5. The Kier molecular flexibility index (Phi) is 2.19. The molecular weight excluding hydrogens is 288 g/mol. The number of fused-ring (bicyclic) bond motifs is 1. The molecule has 2 heterocycles. The molecule has 0 saturated carbocycles. The highest BCUT2D eigenvalue weighted by Gasteiger charge is 2.10.